The average molecular weight is 243 g/mol. The Bertz CT molecular complexity index is 228. The molecule has 1 heterocycles. The Morgan fingerprint density at radius 2 is 2.12 bits per heavy atom. The van der Waals surface area contributed by atoms with Gasteiger partial charge < -0.3 is 20.2 Å². The lowest BCUT2D eigenvalue weighted by Crippen LogP contribution is -2.43. The summed E-state index contributed by atoms with van der Waals surface area (Å²) in [5.41, 5.74) is 0. The summed E-state index contributed by atoms with van der Waals surface area (Å²) in [5, 5.41) is 11.6. The summed E-state index contributed by atoms with van der Waals surface area (Å²) in [7, 11) is 1.69. The number of amides is 2. The minimum atomic E-state index is -0.107. The van der Waals surface area contributed by atoms with Gasteiger partial charge in [0.15, 0.2) is 0 Å². The van der Waals surface area contributed by atoms with E-state index >= 15 is 0 Å². The zero-order valence-electron chi connectivity index (χ0n) is 11.0. The van der Waals surface area contributed by atoms with Crippen LogP contribution in [0.5, 0.6) is 0 Å². The molecular weight excluding hydrogens is 218 g/mol. The maximum absolute atomic E-state index is 11.5. The van der Waals surface area contributed by atoms with Crippen LogP contribution in [0.25, 0.3) is 0 Å². The van der Waals surface area contributed by atoms with E-state index in [0.717, 1.165) is 25.6 Å². The zero-order valence-corrected chi connectivity index (χ0v) is 11.0. The normalized spacial score (nSPS) is 18.1. The van der Waals surface area contributed by atoms with Crippen molar-refractivity contribution in [3.05, 3.63) is 0 Å². The highest BCUT2D eigenvalue weighted by Gasteiger charge is 2.15. The van der Waals surface area contributed by atoms with Gasteiger partial charge in [-0.1, -0.05) is 6.92 Å². The highest BCUT2D eigenvalue weighted by atomic mass is 16.3. The predicted octanol–water partition coefficient (Wildman–Crippen LogP) is 0.352. The molecule has 0 saturated carbocycles. The molecule has 1 aliphatic rings. The van der Waals surface area contributed by atoms with Gasteiger partial charge in [0, 0.05) is 26.7 Å². The molecule has 0 bridgehead atoms. The molecule has 1 rings (SSSR count). The van der Waals surface area contributed by atoms with Gasteiger partial charge in [-0.05, 0) is 31.8 Å². The van der Waals surface area contributed by atoms with Gasteiger partial charge in [0.1, 0.15) is 0 Å². The predicted molar refractivity (Wildman–Crippen MR) is 68.0 cm³/mol. The third-order valence-corrected chi connectivity index (χ3v) is 3.36. The number of nitrogens with one attached hydrogen (secondary N) is 1. The molecule has 1 fully saturated rings. The van der Waals surface area contributed by atoms with Gasteiger partial charge in [0.2, 0.25) is 0 Å². The summed E-state index contributed by atoms with van der Waals surface area (Å²) >= 11 is 0. The number of likely N-dealkylation sites (N-methyl/N-ethyl adjacent to an activating group) is 1. The first-order valence-electron chi connectivity index (χ1n) is 6.45. The second-order valence-electron chi connectivity index (χ2n) is 4.90. The Kier molecular flexibility index (Phi) is 6.29. The Morgan fingerprint density at radius 3 is 2.71 bits per heavy atom. The lowest BCUT2D eigenvalue weighted by atomic mass is 9.99. The van der Waals surface area contributed by atoms with E-state index in [1.807, 2.05) is 0 Å². The summed E-state index contributed by atoms with van der Waals surface area (Å²) in [6.07, 6.45) is 2.52. The number of carbonyl (C=O) groups excluding carboxylic acids is 1. The van der Waals surface area contributed by atoms with Crippen LogP contribution in [0.2, 0.25) is 0 Å². The van der Waals surface area contributed by atoms with Crippen LogP contribution in [-0.4, -0.2) is 67.3 Å². The zero-order chi connectivity index (χ0) is 12.7. The summed E-state index contributed by atoms with van der Waals surface area (Å²) in [6.45, 7) is 6.57. The maximum Gasteiger partial charge on any atom is 0.317 e. The molecule has 0 atom stereocenters. The Labute approximate surface area is 104 Å². The molecule has 2 N–H and O–H groups in total. The summed E-state index contributed by atoms with van der Waals surface area (Å²) in [6, 6.07) is -0.107. The van der Waals surface area contributed by atoms with Crippen LogP contribution in [0, 0.1) is 5.92 Å². The Morgan fingerprint density at radius 1 is 1.47 bits per heavy atom. The number of hydrogen-bond acceptors (Lipinski definition) is 3. The fraction of sp³-hybridized carbons (Fsp3) is 0.917. The molecule has 0 spiro atoms. The van der Waals surface area contributed by atoms with Gasteiger partial charge >= 0.3 is 6.03 Å². The van der Waals surface area contributed by atoms with Crippen LogP contribution in [0.15, 0.2) is 0 Å². The van der Waals surface area contributed by atoms with E-state index in [1.165, 1.54) is 17.7 Å². The average Bonchev–Trinajstić information content (AvgIpc) is 2.32. The summed E-state index contributed by atoms with van der Waals surface area (Å²) in [4.78, 5) is 15.4. The fourth-order valence-electron chi connectivity index (χ4n) is 1.99. The van der Waals surface area contributed by atoms with Crippen LogP contribution >= 0.6 is 0 Å². The molecule has 0 unspecified atom stereocenters. The van der Waals surface area contributed by atoms with Crippen LogP contribution in [0.3, 0.4) is 0 Å². The van der Waals surface area contributed by atoms with E-state index < -0.39 is 0 Å². The Balaban J connectivity index is 2.09. The van der Waals surface area contributed by atoms with Crippen LogP contribution in [0.4, 0.5) is 4.79 Å². The molecule has 0 aliphatic carbocycles. The van der Waals surface area contributed by atoms with Crippen LogP contribution in [0.1, 0.15) is 19.8 Å². The molecular formula is C12H25N3O2. The van der Waals surface area contributed by atoms with Crippen molar-refractivity contribution in [2.24, 2.45) is 5.92 Å². The van der Waals surface area contributed by atoms with E-state index in [0.29, 0.717) is 13.1 Å². The molecule has 17 heavy (non-hydrogen) atoms. The number of piperidine rings is 1. The Hall–Kier alpha value is -0.810. The van der Waals surface area contributed by atoms with Gasteiger partial charge in [-0.25, -0.2) is 4.79 Å². The maximum atomic E-state index is 11.5. The smallest absolute Gasteiger partial charge is 0.317 e. The van der Waals surface area contributed by atoms with E-state index in [1.54, 1.807) is 7.05 Å². The third kappa shape index (κ3) is 5.37. The largest absolute Gasteiger partial charge is 0.395 e. The molecule has 0 aromatic carbocycles. The van der Waals surface area contributed by atoms with Crippen LogP contribution < -0.4 is 5.32 Å². The lowest BCUT2D eigenvalue weighted by Gasteiger charge is -2.30. The molecule has 0 radical (unpaired) electrons. The van der Waals surface area contributed by atoms with E-state index in [-0.39, 0.29) is 12.6 Å². The van der Waals surface area contributed by atoms with Gasteiger partial charge in [-0.3, -0.25) is 0 Å². The van der Waals surface area contributed by atoms with Crippen molar-refractivity contribution in [2.75, 3.05) is 46.4 Å². The minimum Gasteiger partial charge on any atom is -0.395 e. The van der Waals surface area contributed by atoms with Gasteiger partial charge in [-0.15, -0.1) is 0 Å². The number of urea groups is 1. The monoisotopic (exact) mass is 243 g/mol. The number of likely N-dealkylation sites (tertiary alicyclic amines) is 1. The number of rotatable bonds is 5. The number of nitrogens with zero attached hydrogens (tertiary/aromatic N) is 2. The first kappa shape index (κ1) is 14.3. The van der Waals surface area contributed by atoms with E-state index in [4.69, 9.17) is 5.11 Å². The fourth-order valence-corrected chi connectivity index (χ4v) is 1.99. The molecule has 0 aromatic rings. The quantitative estimate of drug-likeness (QED) is 0.732. The van der Waals surface area contributed by atoms with Crippen molar-refractivity contribution in [1.82, 2.24) is 15.1 Å². The SMILES string of the molecule is CC1CCN(CCNC(=O)N(C)CCO)CC1. The minimum absolute atomic E-state index is 0.00787. The molecule has 1 aliphatic heterocycles. The molecule has 5 nitrogen and oxygen atoms in total. The highest BCUT2D eigenvalue weighted by Crippen LogP contribution is 2.14. The van der Waals surface area contributed by atoms with Gasteiger partial charge in [0.05, 0.1) is 6.61 Å². The molecule has 1 saturated heterocycles. The second-order valence-corrected chi connectivity index (χ2v) is 4.90. The number of carbonyl (C=O) groups is 1. The van der Waals surface area contributed by atoms with Crippen LogP contribution in [-0.2, 0) is 0 Å². The van der Waals surface area contributed by atoms with Crippen molar-refractivity contribution >= 4 is 6.03 Å². The molecule has 5 heteroatoms. The molecule has 0 aromatic heterocycles. The molecule has 2 amide bonds. The molecule has 100 valence electrons. The van der Waals surface area contributed by atoms with Gasteiger partial charge in [-0.2, -0.15) is 0 Å². The van der Waals surface area contributed by atoms with E-state index in [9.17, 15) is 4.79 Å². The standard InChI is InChI=1S/C12H25N3O2/c1-11-3-6-15(7-4-11)8-5-13-12(17)14(2)9-10-16/h11,16H,3-10H2,1-2H3,(H,13,17). The van der Waals surface area contributed by atoms with Crippen molar-refractivity contribution < 1.29 is 9.90 Å². The number of hydrogen-bond donors (Lipinski definition) is 2. The first-order chi connectivity index (χ1) is 8.13. The number of aliphatic hydroxyl groups is 1. The number of aliphatic hydroxyl groups excluding tert-OH is 1. The van der Waals surface area contributed by atoms with Gasteiger partial charge in [0.25, 0.3) is 0 Å². The lowest BCUT2D eigenvalue weighted by molar-refractivity contribution is 0.178. The van der Waals surface area contributed by atoms with Crippen molar-refractivity contribution in [2.45, 2.75) is 19.8 Å². The topological polar surface area (TPSA) is 55.8 Å². The van der Waals surface area contributed by atoms with Crippen molar-refractivity contribution in [3.8, 4) is 0 Å². The van der Waals surface area contributed by atoms with Crippen molar-refractivity contribution in [1.29, 1.82) is 0 Å². The summed E-state index contributed by atoms with van der Waals surface area (Å²) < 4.78 is 0. The third-order valence-electron chi connectivity index (χ3n) is 3.36. The van der Waals surface area contributed by atoms with E-state index in [2.05, 4.69) is 17.1 Å². The summed E-state index contributed by atoms with van der Waals surface area (Å²) in [5.74, 6) is 0.844. The van der Waals surface area contributed by atoms with Crippen molar-refractivity contribution in [3.63, 3.8) is 0 Å². The second kappa shape index (κ2) is 7.50. The first-order valence-corrected chi connectivity index (χ1v) is 6.45. The highest BCUT2D eigenvalue weighted by molar-refractivity contribution is 5.73.